The molecule has 1 atom stereocenters. The zero-order valence-electron chi connectivity index (χ0n) is 10.2. The summed E-state index contributed by atoms with van der Waals surface area (Å²) in [6.07, 6.45) is 5.61. The Labute approximate surface area is 114 Å². The van der Waals surface area contributed by atoms with Crippen molar-refractivity contribution in [2.45, 2.75) is 25.3 Å². The summed E-state index contributed by atoms with van der Waals surface area (Å²) in [5.41, 5.74) is 7.46. The summed E-state index contributed by atoms with van der Waals surface area (Å²) in [6, 6.07) is 1.83. The van der Waals surface area contributed by atoms with Crippen LogP contribution in [0, 0.1) is 0 Å². The first kappa shape index (κ1) is 12.2. The molecule has 3 rings (SSSR count). The minimum Gasteiger partial charge on any atom is -0.327 e. The van der Waals surface area contributed by atoms with E-state index in [2.05, 4.69) is 20.5 Å². The zero-order chi connectivity index (χ0) is 13.2. The number of aromatic nitrogens is 3. The van der Waals surface area contributed by atoms with Gasteiger partial charge in [-0.15, -0.1) is 11.3 Å². The van der Waals surface area contributed by atoms with Gasteiger partial charge in [0.1, 0.15) is 0 Å². The van der Waals surface area contributed by atoms with Gasteiger partial charge >= 0.3 is 0 Å². The van der Waals surface area contributed by atoms with Crippen molar-refractivity contribution in [1.29, 1.82) is 0 Å². The smallest absolute Gasteiger partial charge is 0.259 e. The largest absolute Gasteiger partial charge is 0.327 e. The number of nitrogens with zero attached hydrogens (tertiary/aromatic N) is 3. The van der Waals surface area contributed by atoms with Crippen LogP contribution in [0.15, 0.2) is 18.5 Å². The van der Waals surface area contributed by atoms with E-state index in [1.807, 2.05) is 0 Å². The van der Waals surface area contributed by atoms with Crippen molar-refractivity contribution in [2.24, 2.45) is 5.73 Å². The van der Waals surface area contributed by atoms with E-state index in [-0.39, 0.29) is 11.9 Å². The highest BCUT2D eigenvalue weighted by Crippen LogP contribution is 2.29. The van der Waals surface area contributed by atoms with Gasteiger partial charge in [-0.2, -0.15) is 10.2 Å². The minimum absolute atomic E-state index is 0.209. The van der Waals surface area contributed by atoms with Crippen molar-refractivity contribution in [3.63, 3.8) is 0 Å². The highest BCUT2D eigenvalue weighted by atomic mass is 32.1. The Hall–Kier alpha value is -1.86. The number of carbonyl (C=O) groups is 1. The summed E-state index contributed by atoms with van der Waals surface area (Å²) in [5, 5.41) is 10.7. The SMILES string of the molecule is N[C@H]1CCc2nc(NC(=O)c3ccnnc3)sc2C1. The Morgan fingerprint density at radius 3 is 3.16 bits per heavy atom. The van der Waals surface area contributed by atoms with Gasteiger partial charge in [0.05, 0.1) is 23.7 Å². The molecule has 1 aliphatic rings. The third-order valence-electron chi connectivity index (χ3n) is 3.04. The maximum Gasteiger partial charge on any atom is 0.259 e. The topological polar surface area (TPSA) is 93.8 Å². The molecule has 2 heterocycles. The van der Waals surface area contributed by atoms with Gasteiger partial charge in [0.15, 0.2) is 5.13 Å². The molecular formula is C12H13N5OS. The molecule has 0 saturated heterocycles. The molecule has 7 heteroatoms. The summed E-state index contributed by atoms with van der Waals surface area (Å²) < 4.78 is 0. The molecule has 19 heavy (non-hydrogen) atoms. The lowest BCUT2D eigenvalue weighted by Gasteiger charge is -2.15. The van der Waals surface area contributed by atoms with Gasteiger partial charge in [-0.3, -0.25) is 10.1 Å². The normalized spacial score (nSPS) is 17.8. The van der Waals surface area contributed by atoms with Crippen molar-refractivity contribution in [3.8, 4) is 0 Å². The summed E-state index contributed by atoms with van der Waals surface area (Å²) in [5.74, 6) is -0.217. The molecule has 0 bridgehead atoms. The molecule has 0 radical (unpaired) electrons. The number of nitrogens with one attached hydrogen (secondary N) is 1. The lowest BCUT2D eigenvalue weighted by atomic mass is 9.99. The molecule has 1 aliphatic carbocycles. The number of fused-ring (bicyclic) bond motifs is 1. The minimum atomic E-state index is -0.217. The average Bonchev–Trinajstić information content (AvgIpc) is 2.81. The number of amides is 1. The fraction of sp³-hybridized carbons (Fsp3) is 0.333. The molecule has 2 aromatic rings. The summed E-state index contributed by atoms with van der Waals surface area (Å²) in [6.45, 7) is 0. The molecule has 0 saturated carbocycles. The molecule has 0 aromatic carbocycles. The Balaban J connectivity index is 1.76. The first-order valence-electron chi connectivity index (χ1n) is 6.04. The van der Waals surface area contributed by atoms with E-state index in [0.29, 0.717) is 10.7 Å². The number of carbonyl (C=O) groups excluding carboxylic acids is 1. The van der Waals surface area contributed by atoms with Crippen LogP contribution >= 0.6 is 11.3 Å². The second-order valence-electron chi connectivity index (χ2n) is 4.48. The fourth-order valence-electron chi connectivity index (χ4n) is 2.05. The first-order valence-corrected chi connectivity index (χ1v) is 6.86. The quantitative estimate of drug-likeness (QED) is 0.852. The number of thiazole rings is 1. The molecule has 0 fully saturated rings. The molecule has 98 valence electrons. The number of aryl methyl sites for hydroxylation is 1. The highest BCUT2D eigenvalue weighted by Gasteiger charge is 2.20. The third kappa shape index (κ3) is 2.61. The maximum atomic E-state index is 12.0. The van der Waals surface area contributed by atoms with E-state index in [1.165, 1.54) is 28.6 Å². The van der Waals surface area contributed by atoms with E-state index in [9.17, 15) is 4.79 Å². The van der Waals surface area contributed by atoms with Crippen LogP contribution in [0.4, 0.5) is 5.13 Å². The Morgan fingerprint density at radius 2 is 2.37 bits per heavy atom. The van der Waals surface area contributed by atoms with E-state index < -0.39 is 0 Å². The molecule has 2 aromatic heterocycles. The van der Waals surface area contributed by atoms with Crippen LogP contribution in [-0.4, -0.2) is 27.1 Å². The summed E-state index contributed by atoms with van der Waals surface area (Å²) in [4.78, 5) is 17.6. The maximum absolute atomic E-state index is 12.0. The van der Waals surface area contributed by atoms with Crippen LogP contribution in [-0.2, 0) is 12.8 Å². The number of nitrogens with two attached hydrogens (primary N) is 1. The molecule has 3 N–H and O–H groups in total. The second-order valence-corrected chi connectivity index (χ2v) is 5.56. The van der Waals surface area contributed by atoms with Crippen LogP contribution in [0.1, 0.15) is 27.3 Å². The standard InChI is InChI=1S/C12H13N5OS/c13-8-1-2-9-10(5-8)19-12(16-9)17-11(18)7-3-4-14-15-6-7/h3-4,6,8H,1-2,5,13H2,(H,16,17,18)/t8-/m0/s1. The molecular weight excluding hydrogens is 262 g/mol. The third-order valence-corrected chi connectivity index (χ3v) is 4.08. The van der Waals surface area contributed by atoms with Gasteiger partial charge in [-0.05, 0) is 25.3 Å². The van der Waals surface area contributed by atoms with Crippen molar-refractivity contribution in [2.75, 3.05) is 5.32 Å². The Morgan fingerprint density at radius 1 is 1.47 bits per heavy atom. The molecule has 0 unspecified atom stereocenters. The fourth-order valence-corrected chi connectivity index (χ4v) is 3.14. The first-order chi connectivity index (χ1) is 9.22. The number of rotatable bonds is 2. The summed E-state index contributed by atoms with van der Waals surface area (Å²) >= 11 is 1.50. The van der Waals surface area contributed by atoms with Gasteiger partial charge in [0.2, 0.25) is 0 Å². The van der Waals surface area contributed by atoms with Crippen LogP contribution < -0.4 is 11.1 Å². The lowest BCUT2D eigenvalue weighted by molar-refractivity contribution is 0.102. The molecule has 1 amide bonds. The Kier molecular flexibility index (Phi) is 3.22. The van der Waals surface area contributed by atoms with Gasteiger partial charge in [0, 0.05) is 10.9 Å². The second kappa shape index (κ2) is 5.02. The molecule has 0 spiro atoms. The van der Waals surface area contributed by atoms with Crippen molar-refractivity contribution in [3.05, 3.63) is 34.6 Å². The van der Waals surface area contributed by atoms with E-state index in [0.717, 1.165) is 25.0 Å². The predicted molar refractivity (Wildman–Crippen MR) is 72.1 cm³/mol. The summed E-state index contributed by atoms with van der Waals surface area (Å²) in [7, 11) is 0. The van der Waals surface area contributed by atoms with E-state index in [4.69, 9.17) is 5.73 Å². The van der Waals surface area contributed by atoms with Gasteiger partial charge in [-0.1, -0.05) is 0 Å². The van der Waals surface area contributed by atoms with Gasteiger partial charge in [-0.25, -0.2) is 4.98 Å². The molecule has 6 nitrogen and oxygen atoms in total. The highest BCUT2D eigenvalue weighted by molar-refractivity contribution is 7.15. The monoisotopic (exact) mass is 275 g/mol. The van der Waals surface area contributed by atoms with Crippen molar-refractivity contribution < 1.29 is 4.79 Å². The van der Waals surface area contributed by atoms with Gasteiger partial charge in [0.25, 0.3) is 5.91 Å². The van der Waals surface area contributed by atoms with Crippen LogP contribution in [0.25, 0.3) is 0 Å². The van der Waals surface area contributed by atoms with E-state index in [1.54, 1.807) is 6.07 Å². The van der Waals surface area contributed by atoms with Crippen molar-refractivity contribution >= 4 is 22.4 Å². The molecule has 0 aliphatic heterocycles. The zero-order valence-corrected chi connectivity index (χ0v) is 11.0. The van der Waals surface area contributed by atoms with Crippen molar-refractivity contribution in [1.82, 2.24) is 15.2 Å². The van der Waals surface area contributed by atoms with Gasteiger partial charge < -0.3 is 5.73 Å². The number of anilines is 1. The average molecular weight is 275 g/mol. The Bertz CT molecular complexity index is 597. The van der Waals surface area contributed by atoms with Crippen LogP contribution in [0.2, 0.25) is 0 Å². The van der Waals surface area contributed by atoms with Crippen LogP contribution in [0.3, 0.4) is 0 Å². The number of hydrogen-bond acceptors (Lipinski definition) is 6. The number of hydrogen-bond donors (Lipinski definition) is 2. The lowest BCUT2D eigenvalue weighted by Crippen LogP contribution is -2.27. The van der Waals surface area contributed by atoms with Crippen LogP contribution in [0.5, 0.6) is 0 Å². The van der Waals surface area contributed by atoms with E-state index >= 15 is 0 Å². The predicted octanol–water partition coefficient (Wildman–Crippen LogP) is 1.00.